The second-order valence-corrected chi connectivity index (χ2v) is 7.13. The highest BCUT2D eigenvalue weighted by atomic mass is 35.5. The van der Waals surface area contributed by atoms with E-state index in [1.807, 2.05) is 4.90 Å². The first-order valence-corrected chi connectivity index (χ1v) is 9.23. The lowest BCUT2D eigenvalue weighted by Crippen LogP contribution is -2.33. The number of nitrogens with zero attached hydrogens (tertiary/aromatic N) is 5. The standard InChI is InChI=1S/C18H16ClF3N6O.H2S/c1-9(11-3-2-10(20)6-12(11)17(21)22)28-14-4-5-27(8-13(14)24-26-28)15-7-23-25-18(29)16(15)19;/h2-3,6-7,9,17H,4-5,8H2,1H3,(H,25,29);1H2/t9-;/m0./s1. The molecule has 7 nitrogen and oxygen atoms in total. The number of fused-ring (bicyclic) bond motifs is 1. The Labute approximate surface area is 181 Å². The van der Waals surface area contributed by atoms with Crippen LogP contribution in [0.15, 0.2) is 29.2 Å². The van der Waals surface area contributed by atoms with E-state index < -0.39 is 23.8 Å². The van der Waals surface area contributed by atoms with Crippen LogP contribution in [-0.4, -0.2) is 31.7 Å². The van der Waals surface area contributed by atoms with Gasteiger partial charge in [-0.05, 0) is 24.6 Å². The van der Waals surface area contributed by atoms with Gasteiger partial charge < -0.3 is 4.90 Å². The fourth-order valence-corrected chi connectivity index (χ4v) is 3.80. The lowest BCUT2D eigenvalue weighted by molar-refractivity contribution is 0.149. The molecule has 12 heteroatoms. The normalized spacial score (nSPS) is 14.4. The maximum Gasteiger partial charge on any atom is 0.285 e. The van der Waals surface area contributed by atoms with Crippen LogP contribution in [-0.2, 0) is 13.0 Å². The Bertz CT molecular complexity index is 1120. The Morgan fingerprint density at radius 1 is 1.27 bits per heavy atom. The van der Waals surface area contributed by atoms with Gasteiger partial charge in [-0.15, -0.1) is 5.10 Å². The molecular weight excluding hydrogens is 441 g/mol. The van der Waals surface area contributed by atoms with Crippen LogP contribution in [0.5, 0.6) is 0 Å². The van der Waals surface area contributed by atoms with Gasteiger partial charge in [0, 0.05) is 18.5 Å². The summed E-state index contributed by atoms with van der Waals surface area (Å²) in [7, 11) is 0. The highest BCUT2D eigenvalue weighted by molar-refractivity contribution is 7.59. The molecule has 1 atom stereocenters. The molecule has 1 aromatic carbocycles. The average molecular weight is 459 g/mol. The summed E-state index contributed by atoms with van der Waals surface area (Å²) in [5.74, 6) is -0.712. The van der Waals surface area contributed by atoms with Gasteiger partial charge in [0.1, 0.15) is 16.5 Å². The van der Waals surface area contributed by atoms with Gasteiger partial charge >= 0.3 is 0 Å². The van der Waals surface area contributed by atoms with Gasteiger partial charge in [0.05, 0.1) is 30.2 Å². The van der Waals surface area contributed by atoms with Crippen LogP contribution in [0, 0.1) is 5.82 Å². The zero-order valence-corrected chi connectivity index (χ0v) is 17.5. The second kappa shape index (κ2) is 8.68. The first-order valence-electron chi connectivity index (χ1n) is 8.85. The van der Waals surface area contributed by atoms with E-state index in [1.54, 1.807) is 11.6 Å². The summed E-state index contributed by atoms with van der Waals surface area (Å²) in [5.41, 5.74) is 1.39. The minimum absolute atomic E-state index is 0. The summed E-state index contributed by atoms with van der Waals surface area (Å²) in [6, 6.07) is 2.81. The van der Waals surface area contributed by atoms with Gasteiger partial charge in [0.15, 0.2) is 0 Å². The molecule has 0 saturated carbocycles. The Kier molecular flexibility index (Phi) is 6.41. The Morgan fingerprint density at radius 3 is 2.77 bits per heavy atom. The topological polar surface area (TPSA) is 79.7 Å². The van der Waals surface area contributed by atoms with Crippen molar-refractivity contribution in [3.8, 4) is 0 Å². The molecule has 4 rings (SSSR count). The molecular formula is C18H18ClF3N6OS. The van der Waals surface area contributed by atoms with Crippen molar-refractivity contribution in [1.29, 1.82) is 0 Å². The number of hydrogen-bond donors (Lipinski definition) is 1. The smallest absolute Gasteiger partial charge is 0.285 e. The van der Waals surface area contributed by atoms with Crippen molar-refractivity contribution >= 4 is 30.8 Å². The molecule has 0 radical (unpaired) electrons. The lowest BCUT2D eigenvalue weighted by atomic mass is 10.0. The number of alkyl halides is 2. The maximum absolute atomic E-state index is 13.4. The van der Waals surface area contributed by atoms with Crippen LogP contribution in [0.1, 0.15) is 41.9 Å². The van der Waals surface area contributed by atoms with Gasteiger partial charge in [0.2, 0.25) is 0 Å². The minimum atomic E-state index is -2.80. The molecule has 0 unspecified atom stereocenters. The molecule has 3 heterocycles. The van der Waals surface area contributed by atoms with Crippen molar-refractivity contribution in [2.45, 2.75) is 32.4 Å². The molecule has 0 spiro atoms. The highest BCUT2D eigenvalue weighted by Crippen LogP contribution is 2.32. The molecule has 0 saturated heterocycles. The van der Waals surface area contributed by atoms with Gasteiger partial charge in [0.25, 0.3) is 12.0 Å². The van der Waals surface area contributed by atoms with Crippen molar-refractivity contribution in [2.75, 3.05) is 11.4 Å². The monoisotopic (exact) mass is 458 g/mol. The summed E-state index contributed by atoms with van der Waals surface area (Å²) >= 11 is 6.08. The Morgan fingerprint density at radius 2 is 2.03 bits per heavy atom. The van der Waals surface area contributed by atoms with Gasteiger partial charge in [-0.1, -0.05) is 22.9 Å². The molecule has 1 N–H and O–H groups in total. The Hall–Kier alpha value is -2.53. The van der Waals surface area contributed by atoms with E-state index in [9.17, 15) is 18.0 Å². The van der Waals surface area contributed by atoms with Crippen LogP contribution in [0.2, 0.25) is 5.02 Å². The second-order valence-electron chi connectivity index (χ2n) is 6.75. The Balaban J connectivity index is 0.00000256. The summed E-state index contributed by atoms with van der Waals surface area (Å²) in [6.07, 6.45) is -0.820. The number of aromatic amines is 1. The zero-order chi connectivity index (χ0) is 20.7. The summed E-state index contributed by atoms with van der Waals surface area (Å²) in [5, 5.41) is 14.4. The third-order valence-electron chi connectivity index (χ3n) is 5.05. The predicted octanol–water partition coefficient (Wildman–Crippen LogP) is 3.38. The third kappa shape index (κ3) is 3.91. The number of anilines is 1. The van der Waals surface area contributed by atoms with Crippen molar-refractivity contribution in [3.63, 3.8) is 0 Å². The number of rotatable bonds is 4. The van der Waals surface area contributed by atoms with E-state index in [2.05, 4.69) is 20.5 Å². The third-order valence-corrected chi connectivity index (χ3v) is 5.41. The lowest BCUT2D eigenvalue weighted by Gasteiger charge is -2.29. The first kappa shape index (κ1) is 22.2. The number of aromatic nitrogens is 5. The molecule has 0 fully saturated rings. The van der Waals surface area contributed by atoms with Gasteiger partial charge in [-0.25, -0.2) is 23.0 Å². The molecule has 2 aromatic heterocycles. The van der Waals surface area contributed by atoms with Crippen molar-refractivity contribution in [2.24, 2.45) is 0 Å². The van der Waals surface area contributed by atoms with Gasteiger partial charge in [-0.3, -0.25) is 4.79 Å². The molecule has 30 heavy (non-hydrogen) atoms. The molecule has 160 valence electrons. The van der Waals surface area contributed by atoms with Crippen LogP contribution in [0.3, 0.4) is 0 Å². The van der Waals surface area contributed by atoms with Crippen molar-refractivity contribution < 1.29 is 13.2 Å². The average Bonchev–Trinajstić information content (AvgIpc) is 3.12. The van der Waals surface area contributed by atoms with Crippen LogP contribution in [0.4, 0.5) is 18.9 Å². The molecule has 3 aromatic rings. The van der Waals surface area contributed by atoms with E-state index in [4.69, 9.17) is 11.6 Å². The first-order chi connectivity index (χ1) is 13.9. The maximum atomic E-state index is 13.4. The SMILES string of the molecule is C[C@@H](c1ccc(F)cc1C(F)F)n1nnc2c1CCN(c1cn[nH]c(=O)c1Cl)C2.S. The molecule has 0 bridgehead atoms. The highest BCUT2D eigenvalue weighted by Gasteiger charge is 2.28. The van der Waals surface area contributed by atoms with Crippen LogP contribution >= 0.6 is 25.1 Å². The quantitative estimate of drug-likeness (QED) is 0.648. The van der Waals surface area contributed by atoms with E-state index in [0.717, 1.165) is 17.8 Å². The molecule has 1 aliphatic rings. The number of hydrogen-bond acceptors (Lipinski definition) is 5. The van der Waals surface area contributed by atoms with E-state index in [0.29, 0.717) is 36.5 Å². The number of benzene rings is 1. The predicted molar refractivity (Wildman–Crippen MR) is 110 cm³/mol. The van der Waals surface area contributed by atoms with E-state index in [1.165, 1.54) is 12.3 Å². The van der Waals surface area contributed by atoms with Crippen LogP contribution < -0.4 is 10.5 Å². The fourth-order valence-electron chi connectivity index (χ4n) is 3.59. The number of nitrogens with one attached hydrogen (secondary N) is 1. The molecule has 0 aliphatic carbocycles. The van der Waals surface area contributed by atoms with E-state index >= 15 is 0 Å². The fraction of sp³-hybridized carbons (Fsp3) is 0.333. The minimum Gasteiger partial charge on any atom is -0.362 e. The molecule has 1 aliphatic heterocycles. The summed E-state index contributed by atoms with van der Waals surface area (Å²) < 4.78 is 41.8. The van der Waals surface area contributed by atoms with Crippen molar-refractivity contribution in [1.82, 2.24) is 25.2 Å². The summed E-state index contributed by atoms with van der Waals surface area (Å²) in [6.45, 7) is 2.58. The molecule has 0 amide bonds. The zero-order valence-electron chi connectivity index (χ0n) is 15.7. The number of H-pyrrole nitrogens is 1. The number of halogens is 4. The largest absolute Gasteiger partial charge is 0.362 e. The summed E-state index contributed by atoms with van der Waals surface area (Å²) in [4.78, 5) is 13.6. The van der Waals surface area contributed by atoms with Crippen LogP contribution in [0.25, 0.3) is 0 Å². The van der Waals surface area contributed by atoms with Gasteiger partial charge in [-0.2, -0.15) is 18.6 Å². The van der Waals surface area contributed by atoms with E-state index in [-0.39, 0.29) is 24.1 Å². The van der Waals surface area contributed by atoms with Crippen molar-refractivity contribution in [3.05, 3.63) is 68.1 Å².